The minimum Gasteiger partial charge on any atom is -0.434 e. The predicted octanol–water partition coefficient (Wildman–Crippen LogP) is 4.86. The molecule has 1 saturated carbocycles. The van der Waals surface area contributed by atoms with Gasteiger partial charge in [0.25, 0.3) is 12.3 Å². The van der Waals surface area contributed by atoms with Gasteiger partial charge in [0.2, 0.25) is 0 Å². The van der Waals surface area contributed by atoms with Crippen LogP contribution in [0.5, 0.6) is 5.75 Å². The van der Waals surface area contributed by atoms with Crippen LogP contribution < -0.4 is 10.1 Å². The van der Waals surface area contributed by atoms with Gasteiger partial charge in [-0.1, -0.05) is 6.07 Å². The molecule has 1 aromatic heterocycles. The van der Waals surface area contributed by atoms with Crippen molar-refractivity contribution in [2.24, 2.45) is 5.92 Å². The van der Waals surface area contributed by atoms with Gasteiger partial charge >= 0.3 is 6.61 Å². The Balaban J connectivity index is 1.51. The highest BCUT2D eigenvalue weighted by Crippen LogP contribution is 2.41. The highest BCUT2D eigenvalue weighted by Gasteiger charge is 2.33. The summed E-state index contributed by atoms with van der Waals surface area (Å²) in [5.74, 6) is -0.473. The van der Waals surface area contributed by atoms with E-state index in [-0.39, 0.29) is 28.8 Å². The number of anilines is 1. The molecular weight excluding hydrogens is 480 g/mol. The van der Waals surface area contributed by atoms with Gasteiger partial charge < -0.3 is 15.2 Å². The molecular formula is C25H32F4N4O3. The number of likely N-dealkylation sites (tertiary alicyclic amines) is 1. The van der Waals surface area contributed by atoms with E-state index in [1.165, 1.54) is 12.3 Å². The van der Waals surface area contributed by atoms with Crippen LogP contribution in [0.2, 0.25) is 0 Å². The van der Waals surface area contributed by atoms with E-state index in [4.69, 9.17) is 4.74 Å². The van der Waals surface area contributed by atoms with Crippen LogP contribution in [0.4, 0.5) is 23.2 Å². The fourth-order valence-corrected chi connectivity index (χ4v) is 4.69. The lowest BCUT2D eigenvalue weighted by atomic mass is 9.84. The monoisotopic (exact) mass is 512 g/mol. The minimum absolute atomic E-state index is 0.0519. The SMILES string of the molecule is CC(C)(O)C1CCCN(Cc2ccc(NC(=O)c3cn(CC(F)F)nc3C3CC3)cc2OC(F)F)C1. The third-order valence-corrected chi connectivity index (χ3v) is 6.76. The molecule has 0 spiro atoms. The normalized spacial score (nSPS) is 19.2. The van der Waals surface area contributed by atoms with Crippen LogP contribution in [0.3, 0.4) is 0 Å². The first-order valence-electron chi connectivity index (χ1n) is 12.2. The summed E-state index contributed by atoms with van der Waals surface area (Å²) in [7, 11) is 0. The van der Waals surface area contributed by atoms with Crippen LogP contribution in [0, 0.1) is 5.92 Å². The second kappa shape index (κ2) is 10.8. The minimum atomic E-state index is -3.05. The van der Waals surface area contributed by atoms with Gasteiger partial charge in [-0.3, -0.25) is 14.4 Å². The van der Waals surface area contributed by atoms with E-state index < -0.39 is 31.1 Å². The Kier molecular flexibility index (Phi) is 7.89. The number of amides is 1. The number of rotatable bonds is 10. The highest BCUT2D eigenvalue weighted by atomic mass is 19.3. The van der Waals surface area contributed by atoms with Crippen molar-refractivity contribution in [3.8, 4) is 5.75 Å². The Morgan fingerprint density at radius 2 is 2.00 bits per heavy atom. The van der Waals surface area contributed by atoms with Crippen molar-refractivity contribution in [1.29, 1.82) is 0 Å². The number of carbonyl (C=O) groups excluding carboxylic acids is 1. The van der Waals surface area contributed by atoms with Gasteiger partial charge in [0.05, 0.1) is 16.9 Å². The molecule has 36 heavy (non-hydrogen) atoms. The average molecular weight is 513 g/mol. The van der Waals surface area contributed by atoms with Crippen LogP contribution in [0.25, 0.3) is 0 Å². The Bertz CT molecular complexity index is 1070. The summed E-state index contributed by atoms with van der Waals surface area (Å²) in [5.41, 5.74) is 0.617. The number of carbonyl (C=O) groups is 1. The molecule has 2 N–H and O–H groups in total. The molecule has 198 valence electrons. The van der Waals surface area contributed by atoms with Gasteiger partial charge in [-0.2, -0.15) is 13.9 Å². The molecule has 2 heterocycles. The molecule has 1 atom stereocenters. The Morgan fingerprint density at radius 1 is 1.25 bits per heavy atom. The van der Waals surface area contributed by atoms with Crippen molar-refractivity contribution in [1.82, 2.24) is 14.7 Å². The number of piperidine rings is 1. The Hall–Kier alpha value is -2.66. The third kappa shape index (κ3) is 6.76. The van der Waals surface area contributed by atoms with Crippen molar-refractivity contribution in [2.75, 3.05) is 18.4 Å². The molecule has 1 unspecified atom stereocenters. The number of ether oxygens (including phenoxy) is 1. The van der Waals surface area contributed by atoms with Crippen LogP contribution in [0.15, 0.2) is 24.4 Å². The molecule has 4 rings (SSSR count). The van der Waals surface area contributed by atoms with Gasteiger partial charge in [-0.15, -0.1) is 0 Å². The lowest BCUT2D eigenvalue weighted by molar-refractivity contribution is -0.0512. The zero-order valence-electron chi connectivity index (χ0n) is 20.4. The van der Waals surface area contributed by atoms with Gasteiger partial charge in [0, 0.05) is 42.5 Å². The fourth-order valence-electron chi connectivity index (χ4n) is 4.69. The summed E-state index contributed by atoms with van der Waals surface area (Å²) in [6, 6.07) is 4.57. The molecule has 1 amide bonds. The number of benzene rings is 1. The van der Waals surface area contributed by atoms with Gasteiger partial charge in [-0.25, -0.2) is 8.78 Å². The summed E-state index contributed by atoms with van der Waals surface area (Å²) < 4.78 is 57.8. The van der Waals surface area contributed by atoms with E-state index in [0.29, 0.717) is 24.3 Å². The summed E-state index contributed by atoms with van der Waals surface area (Å²) in [6.45, 7) is 1.64. The quantitative estimate of drug-likeness (QED) is 0.445. The maximum atomic E-state index is 13.2. The molecule has 11 heteroatoms. The van der Waals surface area contributed by atoms with Crippen molar-refractivity contribution >= 4 is 11.6 Å². The van der Waals surface area contributed by atoms with Crippen LogP contribution in [-0.4, -0.2) is 57.4 Å². The number of nitrogens with zero attached hydrogens (tertiary/aromatic N) is 3. The first-order valence-corrected chi connectivity index (χ1v) is 12.2. The molecule has 2 fully saturated rings. The highest BCUT2D eigenvalue weighted by molar-refractivity contribution is 6.05. The lowest BCUT2D eigenvalue weighted by Crippen LogP contribution is -2.44. The van der Waals surface area contributed by atoms with Gasteiger partial charge in [0.15, 0.2) is 0 Å². The molecule has 0 radical (unpaired) electrons. The van der Waals surface area contributed by atoms with Gasteiger partial charge in [0.1, 0.15) is 12.3 Å². The van der Waals surface area contributed by atoms with Crippen LogP contribution >= 0.6 is 0 Å². The van der Waals surface area contributed by atoms with Crippen molar-refractivity contribution < 1.29 is 32.2 Å². The molecule has 1 aliphatic carbocycles. The smallest absolute Gasteiger partial charge is 0.387 e. The van der Waals surface area contributed by atoms with Crippen molar-refractivity contribution in [2.45, 2.75) is 77.2 Å². The Morgan fingerprint density at radius 3 is 2.64 bits per heavy atom. The zero-order valence-corrected chi connectivity index (χ0v) is 20.4. The molecule has 2 aliphatic rings. The van der Waals surface area contributed by atoms with E-state index in [9.17, 15) is 27.5 Å². The number of hydrogen-bond donors (Lipinski definition) is 2. The zero-order chi connectivity index (χ0) is 26.0. The van der Waals surface area contributed by atoms with E-state index in [1.807, 2.05) is 0 Å². The standard InChI is InChI=1S/C25H32F4N4O3/c1-25(2,35)17-4-3-9-32(12-17)11-16-7-8-18(10-20(16)36-24(28)29)30-23(34)19-13-33(14-21(26)27)31-22(19)15-5-6-15/h7-8,10,13,15,17,21,24,35H,3-6,9,11-12,14H2,1-2H3,(H,30,34). The maximum Gasteiger partial charge on any atom is 0.387 e. The lowest BCUT2D eigenvalue weighted by Gasteiger charge is -2.38. The second-order valence-corrected chi connectivity index (χ2v) is 10.2. The van der Waals surface area contributed by atoms with Crippen LogP contribution in [0.1, 0.15) is 67.1 Å². The van der Waals surface area contributed by atoms with E-state index in [0.717, 1.165) is 36.9 Å². The third-order valence-electron chi connectivity index (χ3n) is 6.76. The maximum absolute atomic E-state index is 13.2. The van der Waals surface area contributed by atoms with Gasteiger partial charge in [-0.05, 0) is 58.1 Å². The summed E-state index contributed by atoms with van der Waals surface area (Å²) in [5, 5.41) is 17.2. The topological polar surface area (TPSA) is 79.6 Å². The molecule has 1 aliphatic heterocycles. The predicted molar refractivity (Wildman–Crippen MR) is 126 cm³/mol. The second-order valence-electron chi connectivity index (χ2n) is 10.2. The number of nitrogens with one attached hydrogen (secondary N) is 1. The van der Waals surface area contributed by atoms with Crippen molar-refractivity contribution in [3.05, 3.63) is 41.2 Å². The molecule has 7 nitrogen and oxygen atoms in total. The molecule has 1 saturated heterocycles. The molecule has 0 bridgehead atoms. The van der Waals surface area contributed by atoms with Crippen LogP contribution in [-0.2, 0) is 13.1 Å². The summed E-state index contributed by atoms with van der Waals surface area (Å²) in [4.78, 5) is 15.1. The number of halogens is 4. The largest absolute Gasteiger partial charge is 0.434 e. The molecule has 2 aromatic rings. The molecule has 1 aromatic carbocycles. The fraction of sp³-hybridized carbons (Fsp3) is 0.600. The van der Waals surface area contributed by atoms with Crippen molar-refractivity contribution in [3.63, 3.8) is 0 Å². The first-order chi connectivity index (χ1) is 17.0. The average Bonchev–Trinajstić information content (AvgIpc) is 3.54. The first kappa shape index (κ1) is 26.4. The summed E-state index contributed by atoms with van der Waals surface area (Å²) in [6.07, 6.45) is 2.14. The number of hydrogen-bond acceptors (Lipinski definition) is 5. The number of alkyl halides is 4. The number of aliphatic hydroxyl groups is 1. The van der Waals surface area contributed by atoms with E-state index in [2.05, 4.69) is 15.3 Å². The van der Waals surface area contributed by atoms with E-state index in [1.54, 1.807) is 26.0 Å². The summed E-state index contributed by atoms with van der Waals surface area (Å²) >= 11 is 0. The Labute approximate surface area is 207 Å². The van der Waals surface area contributed by atoms with E-state index >= 15 is 0 Å². The number of aromatic nitrogens is 2.